The van der Waals surface area contributed by atoms with Crippen molar-refractivity contribution in [2.75, 3.05) is 25.1 Å². The summed E-state index contributed by atoms with van der Waals surface area (Å²) in [6.07, 6.45) is 5.36. The third kappa shape index (κ3) is 5.52. The van der Waals surface area contributed by atoms with Crippen LogP contribution in [0.3, 0.4) is 0 Å². The summed E-state index contributed by atoms with van der Waals surface area (Å²) in [5, 5.41) is 3.70. The van der Waals surface area contributed by atoms with E-state index in [0.717, 1.165) is 25.3 Å². The maximum Gasteiger partial charge on any atom is 0.0247 e. The van der Waals surface area contributed by atoms with E-state index in [9.17, 15) is 4.21 Å². The first-order valence-electron chi connectivity index (χ1n) is 7.74. The summed E-state index contributed by atoms with van der Waals surface area (Å²) in [5.41, 5.74) is 0. The second-order valence-corrected chi connectivity index (χ2v) is 7.87. The molecular formula is C15H32N2OS. The number of hydrogen-bond acceptors (Lipinski definition) is 3. The van der Waals surface area contributed by atoms with Gasteiger partial charge in [-0.1, -0.05) is 27.2 Å². The SMILES string of the molecule is CCCC1CN(C(C)CCS(C)=O)C(C(C)C)CN1. The lowest BCUT2D eigenvalue weighted by Gasteiger charge is -2.45. The Morgan fingerprint density at radius 3 is 2.58 bits per heavy atom. The van der Waals surface area contributed by atoms with Crippen LogP contribution in [0, 0.1) is 5.92 Å². The minimum atomic E-state index is -0.667. The standard InChI is InChI=1S/C15H32N2OS/c1-6-7-14-11-17(13(4)8-9-19(5)18)15(10-16-14)12(2)3/h12-16H,6-11H2,1-5H3. The smallest absolute Gasteiger partial charge is 0.0247 e. The van der Waals surface area contributed by atoms with Crippen LogP contribution in [-0.4, -0.2) is 52.3 Å². The fraction of sp³-hybridized carbons (Fsp3) is 1.00. The van der Waals surface area contributed by atoms with Gasteiger partial charge in [0.05, 0.1) is 0 Å². The molecule has 1 aliphatic rings. The van der Waals surface area contributed by atoms with Gasteiger partial charge in [0.2, 0.25) is 0 Å². The molecule has 1 aliphatic heterocycles. The topological polar surface area (TPSA) is 32.3 Å². The molecule has 0 bridgehead atoms. The van der Waals surface area contributed by atoms with Crippen molar-refractivity contribution < 1.29 is 4.21 Å². The predicted octanol–water partition coefficient (Wildman–Crippen LogP) is 2.24. The van der Waals surface area contributed by atoms with Crippen LogP contribution >= 0.6 is 0 Å². The minimum absolute atomic E-state index is 0.540. The van der Waals surface area contributed by atoms with E-state index in [1.54, 1.807) is 0 Å². The average Bonchev–Trinajstić information content (AvgIpc) is 2.36. The molecule has 3 nitrogen and oxygen atoms in total. The molecule has 4 atom stereocenters. The van der Waals surface area contributed by atoms with E-state index < -0.39 is 10.8 Å². The second-order valence-electron chi connectivity index (χ2n) is 6.32. The first-order valence-corrected chi connectivity index (χ1v) is 9.47. The van der Waals surface area contributed by atoms with Gasteiger partial charge in [0.15, 0.2) is 0 Å². The van der Waals surface area contributed by atoms with E-state index in [0.29, 0.717) is 24.0 Å². The first-order chi connectivity index (χ1) is 8.95. The summed E-state index contributed by atoms with van der Waals surface area (Å²) in [6, 6.07) is 1.79. The molecule has 0 saturated carbocycles. The Labute approximate surface area is 122 Å². The van der Waals surface area contributed by atoms with Gasteiger partial charge in [0, 0.05) is 54.0 Å². The zero-order valence-electron chi connectivity index (χ0n) is 13.3. The molecule has 0 radical (unpaired) electrons. The Bertz CT molecular complexity index is 283. The molecule has 0 aliphatic carbocycles. The maximum absolute atomic E-state index is 11.3. The van der Waals surface area contributed by atoms with Crippen LogP contribution in [0.5, 0.6) is 0 Å². The van der Waals surface area contributed by atoms with Crippen molar-refractivity contribution in [1.29, 1.82) is 0 Å². The van der Waals surface area contributed by atoms with Crippen molar-refractivity contribution in [3.05, 3.63) is 0 Å². The Hall–Kier alpha value is 0.0700. The quantitative estimate of drug-likeness (QED) is 0.780. The molecule has 4 unspecified atom stereocenters. The van der Waals surface area contributed by atoms with Crippen molar-refractivity contribution in [2.24, 2.45) is 5.92 Å². The van der Waals surface area contributed by atoms with Crippen LogP contribution in [0.1, 0.15) is 47.0 Å². The first kappa shape index (κ1) is 17.1. The molecule has 114 valence electrons. The fourth-order valence-corrected chi connectivity index (χ4v) is 3.70. The summed E-state index contributed by atoms with van der Waals surface area (Å²) in [4.78, 5) is 2.66. The van der Waals surface area contributed by atoms with Gasteiger partial charge in [0.1, 0.15) is 0 Å². The molecule has 0 aromatic rings. The molecule has 1 saturated heterocycles. The molecule has 0 aromatic carbocycles. The highest BCUT2D eigenvalue weighted by Crippen LogP contribution is 2.21. The lowest BCUT2D eigenvalue weighted by molar-refractivity contribution is 0.0590. The summed E-state index contributed by atoms with van der Waals surface area (Å²) in [6.45, 7) is 11.4. The number of nitrogens with zero attached hydrogens (tertiary/aromatic N) is 1. The van der Waals surface area contributed by atoms with E-state index in [4.69, 9.17) is 0 Å². The third-order valence-corrected chi connectivity index (χ3v) is 5.08. The minimum Gasteiger partial charge on any atom is -0.311 e. The number of nitrogens with one attached hydrogen (secondary N) is 1. The van der Waals surface area contributed by atoms with Crippen LogP contribution in [-0.2, 0) is 10.8 Å². The molecule has 0 aromatic heterocycles. The molecule has 4 heteroatoms. The van der Waals surface area contributed by atoms with E-state index in [1.807, 2.05) is 6.26 Å². The van der Waals surface area contributed by atoms with Gasteiger partial charge in [-0.05, 0) is 25.7 Å². The van der Waals surface area contributed by atoms with Crippen LogP contribution in [0.25, 0.3) is 0 Å². The van der Waals surface area contributed by atoms with Gasteiger partial charge in [-0.25, -0.2) is 0 Å². The number of piperazine rings is 1. The Kier molecular flexibility index (Phi) is 7.55. The summed E-state index contributed by atoms with van der Waals surface area (Å²) < 4.78 is 11.3. The molecule has 19 heavy (non-hydrogen) atoms. The molecular weight excluding hydrogens is 256 g/mol. The van der Waals surface area contributed by atoms with Gasteiger partial charge in [-0.15, -0.1) is 0 Å². The highest BCUT2D eigenvalue weighted by Gasteiger charge is 2.32. The van der Waals surface area contributed by atoms with Gasteiger partial charge >= 0.3 is 0 Å². The fourth-order valence-electron chi connectivity index (χ4n) is 3.03. The van der Waals surface area contributed by atoms with E-state index in [2.05, 4.69) is 37.9 Å². The van der Waals surface area contributed by atoms with Gasteiger partial charge in [-0.2, -0.15) is 0 Å². The van der Waals surface area contributed by atoms with Crippen molar-refractivity contribution in [3.8, 4) is 0 Å². The van der Waals surface area contributed by atoms with E-state index in [1.165, 1.54) is 12.8 Å². The highest BCUT2D eigenvalue weighted by atomic mass is 32.2. The van der Waals surface area contributed by atoms with Gasteiger partial charge < -0.3 is 5.32 Å². The largest absolute Gasteiger partial charge is 0.311 e. The lowest BCUT2D eigenvalue weighted by Crippen LogP contribution is -2.60. The average molecular weight is 289 g/mol. The monoisotopic (exact) mass is 288 g/mol. The molecule has 1 rings (SSSR count). The van der Waals surface area contributed by atoms with Crippen LogP contribution < -0.4 is 5.32 Å². The third-order valence-electron chi connectivity index (χ3n) is 4.27. The summed E-state index contributed by atoms with van der Waals surface area (Å²) >= 11 is 0. The Balaban J connectivity index is 2.62. The molecule has 1 N–H and O–H groups in total. The van der Waals surface area contributed by atoms with E-state index >= 15 is 0 Å². The van der Waals surface area contributed by atoms with Crippen molar-refractivity contribution in [1.82, 2.24) is 10.2 Å². The highest BCUT2D eigenvalue weighted by molar-refractivity contribution is 7.84. The van der Waals surface area contributed by atoms with Crippen molar-refractivity contribution in [2.45, 2.75) is 65.1 Å². The summed E-state index contributed by atoms with van der Waals surface area (Å²) in [7, 11) is -0.667. The second kappa shape index (κ2) is 8.38. The predicted molar refractivity (Wildman–Crippen MR) is 85.0 cm³/mol. The van der Waals surface area contributed by atoms with Crippen LogP contribution in [0.2, 0.25) is 0 Å². The Morgan fingerprint density at radius 2 is 2.05 bits per heavy atom. The molecule has 1 fully saturated rings. The zero-order valence-corrected chi connectivity index (χ0v) is 14.1. The van der Waals surface area contributed by atoms with Crippen LogP contribution in [0.4, 0.5) is 0 Å². The lowest BCUT2D eigenvalue weighted by atomic mass is 9.95. The number of hydrogen-bond donors (Lipinski definition) is 1. The number of rotatable bonds is 7. The van der Waals surface area contributed by atoms with Gasteiger partial charge in [-0.3, -0.25) is 9.11 Å². The normalized spacial score (nSPS) is 28.5. The molecule has 0 amide bonds. The zero-order chi connectivity index (χ0) is 14.4. The van der Waals surface area contributed by atoms with Crippen molar-refractivity contribution in [3.63, 3.8) is 0 Å². The molecule has 1 heterocycles. The van der Waals surface area contributed by atoms with Crippen molar-refractivity contribution >= 4 is 10.8 Å². The Morgan fingerprint density at radius 1 is 1.37 bits per heavy atom. The summed E-state index contributed by atoms with van der Waals surface area (Å²) in [5.74, 6) is 1.50. The maximum atomic E-state index is 11.3. The molecule has 0 spiro atoms. The van der Waals surface area contributed by atoms with Crippen LogP contribution in [0.15, 0.2) is 0 Å². The van der Waals surface area contributed by atoms with E-state index in [-0.39, 0.29) is 0 Å². The van der Waals surface area contributed by atoms with Gasteiger partial charge in [0.25, 0.3) is 0 Å².